The SMILES string of the molecule is CC(C)NC(=O)CNC(=O)CCC1Cc2ccccc2NC1=O. The van der Waals surface area contributed by atoms with Crippen LogP contribution in [0.5, 0.6) is 0 Å². The van der Waals surface area contributed by atoms with Crippen LogP contribution in [0, 0.1) is 5.92 Å². The van der Waals surface area contributed by atoms with Crippen LogP contribution >= 0.6 is 0 Å². The van der Waals surface area contributed by atoms with Gasteiger partial charge in [-0.2, -0.15) is 0 Å². The highest BCUT2D eigenvalue weighted by atomic mass is 16.2. The zero-order valence-corrected chi connectivity index (χ0v) is 13.5. The molecule has 1 unspecified atom stereocenters. The molecule has 0 radical (unpaired) electrons. The Morgan fingerprint density at radius 1 is 1.26 bits per heavy atom. The average Bonchev–Trinajstić information content (AvgIpc) is 2.50. The summed E-state index contributed by atoms with van der Waals surface area (Å²) in [7, 11) is 0. The van der Waals surface area contributed by atoms with Gasteiger partial charge in [0.1, 0.15) is 0 Å². The minimum atomic E-state index is -0.212. The van der Waals surface area contributed by atoms with Gasteiger partial charge in [-0.1, -0.05) is 18.2 Å². The van der Waals surface area contributed by atoms with Crippen LogP contribution in [-0.4, -0.2) is 30.3 Å². The van der Waals surface area contributed by atoms with Crippen molar-refractivity contribution >= 4 is 23.4 Å². The van der Waals surface area contributed by atoms with Gasteiger partial charge in [-0.15, -0.1) is 0 Å². The fourth-order valence-corrected chi connectivity index (χ4v) is 2.59. The predicted octanol–water partition coefficient (Wildman–Crippen LogP) is 1.22. The maximum absolute atomic E-state index is 12.0. The Hall–Kier alpha value is -2.37. The topological polar surface area (TPSA) is 87.3 Å². The van der Waals surface area contributed by atoms with Crippen molar-refractivity contribution in [3.8, 4) is 0 Å². The second kappa shape index (κ2) is 7.76. The first-order chi connectivity index (χ1) is 11.0. The van der Waals surface area contributed by atoms with Crippen LogP contribution in [0.3, 0.4) is 0 Å². The highest BCUT2D eigenvalue weighted by molar-refractivity contribution is 5.96. The molecule has 1 atom stereocenters. The number of amides is 3. The summed E-state index contributed by atoms with van der Waals surface area (Å²) >= 11 is 0. The molecule has 0 saturated heterocycles. The van der Waals surface area contributed by atoms with E-state index < -0.39 is 0 Å². The van der Waals surface area contributed by atoms with Crippen molar-refractivity contribution in [2.75, 3.05) is 11.9 Å². The first kappa shape index (κ1) is 17.0. The molecule has 1 aromatic rings. The molecule has 6 heteroatoms. The van der Waals surface area contributed by atoms with Crippen LogP contribution in [-0.2, 0) is 20.8 Å². The summed E-state index contributed by atoms with van der Waals surface area (Å²) in [6.07, 6.45) is 1.34. The van der Waals surface area contributed by atoms with Crippen LogP contribution in [0.1, 0.15) is 32.3 Å². The monoisotopic (exact) mass is 317 g/mol. The molecular weight excluding hydrogens is 294 g/mol. The molecule has 1 aromatic carbocycles. The third-order valence-electron chi connectivity index (χ3n) is 3.73. The summed E-state index contributed by atoms with van der Waals surface area (Å²) in [5.74, 6) is -0.678. The van der Waals surface area contributed by atoms with E-state index in [1.54, 1.807) is 0 Å². The maximum Gasteiger partial charge on any atom is 0.239 e. The molecule has 0 aliphatic carbocycles. The van der Waals surface area contributed by atoms with E-state index in [1.807, 2.05) is 38.1 Å². The number of rotatable bonds is 6. The molecule has 1 aliphatic heterocycles. The molecule has 3 N–H and O–H groups in total. The molecule has 6 nitrogen and oxygen atoms in total. The van der Waals surface area contributed by atoms with Gasteiger partial charge in [-0.3, -0.25) is 14.4 Å². The van der Waals surface area contributed by atoms with Gasteiger partial charge in [-0.25, -0.2) is 0 Å². The molecule has 0 fully saturated rings. The summed E-state index contributed by atoms with van der Waals surface area (Å²) in [6.45, 7) is 3.69. The standard InChI is InChI=1S/C17H23N3O3/c1-11(2)19-16(22)10-18-15(21)8-7-13-9-12-5-3-4-6-14(12)20-17(13)23/h3-6,11,13H,7-10H2,1-2H3,(H,18,21)(H,19,22)(H,20,23). The zero-order valence-electron chi connectivity index (χ0n) is 13.5. The van der Waals surface area contributed by atoms with Crippen molar-refractivity contribution in [2.24, 2.45) is 5.92 Å². The molecule has 3 amide bonds. The normalized spacial score (nSPS) is 16.5. The van der Waals surface area contributed by atoms with Crippen molar-refractivity contribution in [2.45, 2.75) is 39.2 Å². The number of hydrogen-bond donors (Lipinski definition) is 3. The Balaban J connectivity index is 1.76. The van der Waals surface area contributed by atoms with E-state index in [9.17, 15) is 14.4 Å². The second-order valence-corrected chi connectivity index (χ2v) is 6.09. The minimum absolute atomic E-state index is 0.0310. The molecule has 124 valence electrons. The molecular formula is C17H23N3O3. The Morgan fingerprint density at radius 3 is 2.74 bits per heavy atom. The van der Waals surface area contributed by atoms with Crippen molar-refractivity contribution in [3.63, 3.8) is 0 Å². The first-order valence-corrected chi connectivity index (χ1v) is 7.90. The minimum Gasteiger partial charge on any atom is -0.352 e. The highest BCUT2D eigenvalue weighted by Crippen LogP contribution is 2.27. The Labute approximate surface area is 136 Å². The van der Waals surface area contributed by atoms with Crippen LogP contribution in [0.2, 0.25) is 0 Å². The van der Waals surface area contributed by atoms with E-state index in [-0.39, 0.29) is 42.6 Å². The van der Waals surface area contributed by atoms with E-state index in [4.69, 9.17) is 0 Å². The van der Waals surface area contributed by atoms with Gasteiger partial charge in [-0.05, 0) is 38.3 Å². The zero-order chi connectivity index (χ0) is 16.8. The lowest BCUT2D eigenvalue weighted by molar-refractivity contribution is -0.127. The first-order valence-electron chi connectivity index (χ1n) is 7.90. The number of hydrogen-bond acceptors (Lipinski definition) is 3. The number of para-hydroxylation sites is 1. The number of carbonyl (C=O) groups is 3. The number of nitrogens with one attached hydrogen (secondary N) is 3. The van der Waals surface area contributed by atoms with Crippen LogP contribution in [0.25, 0.3) is 0 Å². The molecule has 0 saturated carbocycles. The summed E-state index contributed by atoms with van der Waals surface area (Å²) in [6, 6.07) is 7.73. The van der Waals surface area contributed by atoms with Gasteiger partial charge < -0.3 is 16.0 Å². The van der Waals surface area contributed by atoms with Crippen LogP contribution in [0.4, 0.5) is 5.69 Å². The van der Waals surface area contributed by atoms with Gasteiger partial charge >= 0.3 is 0 Å². The largest absolute Gasteiger partial charge is 0.352 e. The molecule has 0 bridgehead atoms. The molecule has 0 aromatic heterocycles. The number of anilines is 1. The second-order valence-electron chi connectivity index (χ2n) is 6.09. The third kappa shape index (κ3) is 5.09. The number of benzene rings is 1. The van der Waals surface area contributed by atoms with E-state index in [0.29, 0.717) is 12.8 Å². The van der Waals surface area contributed by atoms with Gasteiger partial charge in [0, 0.05) is 24.1 Å². The van der Waals surface area contributed by atoms with Gasteiger partial charge in [0.25, 0.3) is 0 Å². The Morgan fingerprint density at radius 2 is 2.00 bits per heavy atom. The van der Waals surface area contributed by atoms with Crippen LogP contribution in [0.15, 0.2) is 24.3 Å². The Bertz CT molecular complexity index is 599. The Kier molecular flexibility index (Phi) is 5.73. The quantitative estimate of drug-likeness (QED) is 0.737. The molecule has 23 heavy (non-hydrogen) atoms. The molecule has 1 heterocycles. The molecule has 1 aliphatic rings. The van der Waals surface area contributed by atoms with Crippen LogP contribution < -0.4 is 16.0 Å². The smallest absolute Gasteiger partial charge is 0.239 e. The number of carbonyl (C=O) groups excluding carboxylic acids is 3. The third-order valence-corrected chi connectivity index (χ3v) is 3.73. The maximum atomic E-state index is 12.0. The van der Waals surface area contributed by atoms with Crippen molar-refractivity contribution in [1.82, 2.24) is 10.6 Å². The van der Waals surface area contributed by atoms with Gasteiger partial charge in [0.15, 0.2) is 0 Å². The molecule has 0 spiro atoms. The lowest BCUT2D eigenvalue weighted by atomic mass is 9.89. The van der Waals surface area contributed by atoms with E-state index in [2.05, 4.69) is 16.0 Å². The van der Waals surface area contributed by atoms with Gasteiger partial charge in [0.2, 0.25) is 17.7 Å². The predicted molar refractivity (Wildman–Crippen MR) is 87.8 cm³/mol. The summed E-state index contributed by atoms with van der Waals surface area (Å²) in [5, 5.41) is 8.15. The number of fused-ring (bicyclic) bond motifs is 1. The summed E-state index contributed by atoms with van der Waals surface area (Å²) in [5.41, 5.74) is 1.94. The highest BCUT2D eigenvalue weighted by Gasteiger charge is 2.26. The van der Waals surface area contributed by atoms with E-state index >= 15 is 0 Å². The molecule has 2 rings (SSSR count). The van der Waals surface area contributed by atoms with E-state index in [0.717, 1.165) is 11.3 Å². The van der Waals surface area contributed by atoms with Crippen molar-refractivity contribution < 1.29 is 14.4 Å². The lowest BCUT2D eigenvalue weighted by Crippen LogP contribution is -2.40. The van der Waals surface area contributed by atoms with E-state index in [1.165, 1.54) is 0 Å². The summed E-state index contributed by atoms with van der Waals surface area (Å²) < 4.78 is 0. The fourth-order valence-electron chi connectivity index (χ4n) is 2.59. The fraction of sp³-hybridized carbons (Fsp3) is 0.471. The average molecular weight is 317 g/mol. The summed E-state index contributed by atoms with van der Waals surface area (Å²) in [4.78, 5) is 35.3. The van der Waals surface area contributed by atoms with Gasteiger partial charge in [0.05, 0.1) is 6.54 Å². The van der Waals surface area contributed by atoms with Crippen molar-refractivity contribution in [1.29, 1.82) is 0 Å². The van der Waals surface area contributed by atoms with Crippen molar-refractivity contribution in [3.05, 3.63) is 29.8 Å². The lowest BCUT2D eigenvalue weighted by Gasteiger charge is -2.24.